The predicted molar refractivity (Wildman–Crippen MR) is 166 cm³/mol. The van der Waals surface area contributed by atoms with Crippen LogP contribution in [0.4, 0.5) is 8.78 Å². The maximum Gasteiger partial charge on any atom is 0.335 e. The zero-order valence-corrected chi connectivity index (χ0v) is 25.1. The molecule has 0 saturated carbocycles. The van der Waals surface area contributed by atoms with Crippen LogP contribution in [0, 0.1) is 29.9 Å². The van der Waals surface area contributed by atoms with Crippen LogP contribution >= 0.6 is 22.9 Å². The average molecular weight is 645 g/mol. The van der Waals surface area contributed by atoms with Crippen molar-refractivity contribution < 1.29 is 27.1 Å². The highest BCUT2D eigenvalue weighted by Gasteiger charge is 2.31. The molecule has 6 aromatic rings. The fraction of sp³-hybridized carbons (Fsp3) is 0.0303. The zero-order valence-electron chi connectivity index (χ0n) is 22.7. The van der Waals surface area contributed by atoms with Crippen LogP contribution in [0.5, 0.6) is 0 Å². The lowest BCUT2D eigenvalue weighted by molar-refractivity contribution is 0.0697. The number of aryl methyl sites for hydroxylation is 1. The van der Waals surface area contributed by atoms with Crippen LogP contribution in [0.3, 0.4) is 0 Å². The number of nitriles is 1. The number of halogens is 3. The Morgan fingerprint density at radius 1 is 0.955 bits per heavy atom. The molecule has 2 heterocycles. The van der Waals surface area contributed by atoms with E-state index in [1.807, 2.05) is 0 Å². The van der Waals surface area contributed by atoms with Crippen LogP contribution in [-0.2, 0) is 10.0 Å². The van der Waals surface area contributed by atoms with E-state index < -0.39 is 27.6 Å². The second-order valence-electron chi connectivity index (χ2n) is 9.92. The molecule has 0 bridgehead atoms. The van der Waals surface area contributed by atoms with Crippen LogP contribution in [0.15, 0.2) is 95.2 Å². The molecule has 11 heteroatoms. The van der Waals surface area contributed by atoms with E-state index in [2.05, 4.69) is 6.07 Å². The second-order valence-corrected chi connectivity index (χ2v) is 13.0. The first-order chi connectivity index (χ1) is 21.0. The highest BCUT2D eigenvalue weighted by molar-refractivity contribution is 7.90. The number of rotatable bonds is 6. The van der Waals surface area contributed by atoms with E-state index in [9.17, 15) is 32.4 Å². The third-order valence-electron chi connectivity index (χ3n) is 7.27. The standard InChI is InChI=1S/C33H19ClF2N2O4S2/c1-18-5-8-23(16-28(18)36)44(41,42)38-29-10-7-22(35)15-26(29)31(25-11-12-43-30(25)17-37)32(38)20-4-2-3-19(13-20)24-9-6-21(33(39)40)14-27(24)34/h2-16H,1H3,(H,39,40). The molecule has 0 atom stereocenters. The van der Waals surface area contributed by atoms with Crippen molar-refractivity contribution >= 4 is 49.8 Å². The van der Waals surface area contributed by atoms with Gasteiger partial charge in [-0.25, -0.2) is 26.0 Å². The summed E-state index contributed by atoms with van der Waals surface area (Å²) in [5.41, 5.74) is 2.63. The van der Waals surface area contributed by atoms with Gasteiger partial charge in [0.05, 0.1) is 21.7 Å². The largest absolute Gasteiger partial charge is 0.478 e. The Balaban J connectivity index is 1.73. The Hall–Kier alpha value is -4.82. The van der Waals surface area contributed by atoms with Gasteiger partial charge < -0.3 is 5.11 Å². The van der Waals surface area contributed by atoms with E-state index in [-0.39, 0.29) is 42.5 Å². The molecule has 0 saturated heterocycles. The van der Waals surface area contributed by atoms with Gasteiger partial charge in [-0.3, -0.25) is 0 Å². The molecule has 0 radical (unpaired) electrons. The lowest BCUT2D eigenvalue weighted by Gasteiger charge is -2.15. The quantitative estimate of drug-likeness (QED) is 0.195. The summed E-state index contributed by atoms with van der Waals surface area (Å²) in [5.74, 6) is -2.47. The van der Waals surface area contributed by atoms with Crippen LogP contribution in [-0.4, -0.2) is 23.5 Å². The van der Waals surface area contributed by atoms with Gasteiger partial charge in [-0.05, 0) is 78.0 Å². The predicted octanol–water partition coefficient (Wildman–Crippen LogP) is 8.75. The summed E-state index contributed by atoms with van der Waals surface area (Å²) in [4.78, 5) is 11.4. The molecule has 4 aromatic carbocycles. The smallest absolute Gasteiger partial charge is 0.335 e. The molecule has 1 N–H and O–H groups in total. The number of nitrogens with zero attached hydrogens (tertiary/aromatic N) is 2. The molecule has 0 aliphatic carbocycles. The van der Waals surface area contributed by atoms with Crippen molar-refractivity contribution in [1.29, 1.82) is 5.26 Å². The van der Waals surface area contributed by atoms with Crippen molar-refractivity contribution in [2.75, 3.05) is 0 Å². The number of benzene rings is 4. The minimum absolute atomic E-state index is 0.00254. The third-order valence-corrected chi connectivity index (χ3v) is 10.1. The van der Waals surface area contributed by atoms with Crippen molar-refractivity contribution in [2.24, 2.45) is 0 Å². The van der Waals surface area contributed by atoms with E-state index >= 15 is 0 Å². The first-order valence-electron chi connectivity index (χ1n) is 13.0. The van der Waals surface area contributed by atoms with Gasteiger partial charge in [0.1, 0.15) is 22.6 Å². The average Bonchev–Trinajstić information content (AvgIpc) is 3.60. The Morgan fingerprint density at radius 3 is 2.43 bits per heavy atom. The zero-order chi connectivity index (χ0) is 31.3. The Labute approximate surface area is 259 Å². The molecule has 218 valence electrons. The number of aromatic carboxylic acids is 1. The third kappa shape index (κ3) is 4.85. The maximum atomic E-state index is 14.8. The summed E-state index contributed by atoms with van der Waals surface area (Å²) in [6.07, 6.45) is 0. The topological polar surface area (TPSA) is 100 Å². The fourth-order valence-electron chi connectivity index (χ4n) is 5.17. The molecule has 0 spiro atoms. The number of thiophene rings is 1. The summed E-state index contributed by atoms with van der Waals surface area (Å²) in [5, 5.41) is 21.3. The maximum absolute atomic E-state index is 14.8. The van der Waals surface area contributed by atoms with E-state index in [4.69, 9.17) is 11.6 Å². The van der Waals surface area contributed by atoms with Gasteiger partial charge in [0.2, 0.25) is 0 Å². The number of carbonyl (C=O) groups is 1. The molecule has 0 aliphatic heterocycles. The molecule has 0 amide bonds. The van der Waals surface area contributed by atoms with Crippen LogP contribution < -0.4 is 0 Å². The van der Waals surface area contributed by atoms with Gasteiger partial charge in [0.25, 0.3) is 10.0 Å². The number of hydrogen-bond acceptors (Lipinski definition) is 5. The van der Waals surface area contributed by atoms with Gasteiger partial charge in [-0.1, -0.05) is 41.9 Å². The fourth-order valence-corrected chi connectivity index (χ4v) is 7.71. The van der Waals surface area contributed by atoms with Gasteiger partial charge >= 0.3 is 5.97 Å². The molecule has 2 aromatic heterocycles. The highest BCUT2D eigenvalue weighted by atomic mass is 35.5. The molecule has 44 heavy (non-hydrogen) atoms. The van der Waals surface area contributed by atoms with Crippen molar-refractivity contribution in [2.45, 2.75) is 11.8 Å². The van der Waals surface area contributed by atoms with E-state index in [0.29, 0.717) is 27.8 Å². The normalized spacial score (nSPS) is 11.5. The number of aromatic nitrogens is 1. The first-order valence-corrected chi connectivity index (χ1v) is 15.7. The van der Waals surface area contributed by atoms with E-state index in [1.54, 1.807) is 41.8 Å². The van der Waals surface area contributed by atoms with Crippen LogP contribution in [0.2, 0.25) is 5.02 Å². The SMILES string of the molecule is Cc1ccc(S(=O)(=O)n2c(-c3cccc(-c4ccc(C(=O)O)cc4Cl)c3)c(-c3ccsc3C#N)c3cc(F)ccc32)cc1F. The van der Waals surface area contributed by atoms with Gasteiger partial charge in [-0.2, -0.15) is 5.26 Å². The first kappa shape index (κ1) is 29.3. The summed E-state index contributed by atoms with van der Waals surface area (Å²) >= 11 is 7.63. The van der Waals surface area contributed by atoms with Gasteiger partial charge in [0.15, 0.2) is 0 Å². The van der Waals surface area contributed by atoms with Crippen LogP contribution in [0.1, 0.15) is 20.8 Å². The monoisotopic (exact) mass is 644 g/mol. The molecular weight excluding hydrogens is 626 g/mol. The van der Waals surface area contributed by atoms with Crippen molar-refractivity contribution in [3.8, 4) is 39.6 Å². The number of carboxylic acids is 1. The lowest BCUT2D eigenvalue weighted by atomic mass is 9.96. The van der Waals surface area contributed by atoms with Crippen LogP contribution in [0.25, 0.3) is 44.4 Å². The second kappa shape index (κ2) is 11.0. The number of hydrogen-bond donors (Lipinski definition) is 1. The summed E-state index contributed by atoms with van der Waals surface area (Å²) in [6.45, 7) is 1.52. The van der Waals surface area contributed by atoms with Crippen molar-refractivity contribution in [1.82, 2.24) is 3.97 Å². The molecule has 0 fully saturated rings. The number of carboxylic acid groups (broad SMARTS) is 1. The lowest BCUT2D eigenvalue weighted by Crippen LogP contribution is -2.15. The molecule has 6 rings (SSSR count). The van der Waals surface area contributed by atoms with Crippen molar-refractivity contribution in [3.63, 3.8) is 0 Å². The minimum atomic E-state index is -4.50. The Bertz CT molecular complexity index is 2300. The minimum Gasteiger partial charge on any atom is -0.478 e. The summed E-state index contributed by atoms with van der Waals surface area (Å²) < 4.78 is 59.3. The molecular formula is C33H19ClF2N2O4S2. The number of fused-ring (bicyclic) bond motifs is 1. The van der Waals surface area contributed by atoms with Gasteiger partial charge in [0, 0.05) is 32.7 Å². The Morgan fingerprint density at radius 2 is 1.73 bits per heavy atom. The van der Waals surface area contributed by atoms with E-state index in [0.717, 1.165) is 27.4 Å². The highest BCUT2D eigenvalue weighted by Crippen LogP contribution is 2.46. The van der Waals surface area contributed by atoms with Crippen molar-refractivity contribution in [3.05, 3.63) is 123 Å². The molecule has 0 aliphatic rings. The summed E-state index contributed by atoms with van der Waals surface area (Å²) in [6, 6.07) is 22.1. The van der Waals surface area contributed by atoms with Gasteiger partial charge in [-0.15, -0.1) is 11.3 Å². The Kier molecular flexibility index (Phi) is 7.33. The molecule has 6 nitrogen and oxygen atoms in total. The molecule has 0 unspecified atom stereocenters. The summed E-state index contributed by atoms with van der Waals surface area (Å²) in [7, 11) is -4.50. The van der Waals surface area contributed by atoms with E-state index in [1.165, 1.54) is 43.3 Å².